The molecular weight excluding hydrogens is 198 g/mol. The zero-order chi connectivity index (χ0) is 11.5. The lowest BCUT2D eigenvalue weighted by atomic mass is 10.0. The van der Waals surface area contributed by atoms with Gasteiger partial charge in [0.05, 0.1) is 12.8 Å². The minimum atomic E-state index is 0.725. The predicted octanol–water partition coefficient (Wildman–Crippen LogP) is 3.38. The normalized spacial score (nSPS) is 10.6. The van der Waals surface area contributed by atoms with Crippen LogP contribution in [0.4, 0.5) is 5.69 Å². The standard InChI is InChI=1S/C14H17NO/c1-3-4-10-5-7-12-11(9-10)6-8-13(16-2)14(12)15/h5-9H,3-4,15H2,1-2H3. The number of rotatable bonds is 3. The second kappa shape index (κ2) is 4.44. The molecule has 0 fully saturated rings. The molecule has 0 saturated heterocycles. The lowest BCUT2D eigenvalue weighted by molar-refractivity contribution is 0.417. The van der Waals surface area contributed by atoms with Crippen molar-refractivity contribution in [3.8, 4) is 5.75 Å². The second-order valence-electron chi connectivity index (χ2n) is 3.99. The first kappa shape index (κ1) is 10.8. The second-order valence-corrected chi connectivity index (χ2v) is 3.99. The Kier molecular flexibility index (Phi) is 3.00. The summed E-state index contributed by atoms with van der Waals surface area (Å²) in [7, 11) is 1.64. The van der Waals surface area contributed by atoms with Crippen molar-refractivity contribution in [2.24, 2.45) is 0 Å². The molecule has 2 aromatic rings. The van der Waals surface area contributed by atoms with Crippen molar-refractivity contribution in [1.82, 2.24) is 0 Å². The molecule has 0 heterocycles. The van der Waals surface area contributed by atoms with Crippen LogP contribution in [-0.2, 0) is 6.42 Å². The van der Waals surface area contributed by atoms with Gasteiger partial charge in [0.15, 0.2) is 0 Å². The quantitative estimate of drug-likeness (QED) is 0.796. The van der Waals surface area contributed by atoms with E-state index in [1.165, 1.54) is 10.9 Å². The highest BCUT2D eigenvalue weighted by molar-refractivity contribution is 5.96. The summed E-state index contributed by atoms with van der Waals surface area (Å²) in [5.74, 6) is 0.746. The molecule has 0 radical (unpaired) electrons. The van der Waals surface area contributed by atoms with E-state index >= 15 is 0 Å². The molecule has 0 aliphatic rings. The topological polar surface area (TPSA) is 35.2 Å². The highest BCUT2D eigenvalue weighted by Crippen LogP contribution is 2.30. The number of aryl methyl sites for hydroxylation is 1. The molecular formula is C14H17NO. The number of benzene rings is 2. The van der Waals surface area contributed by atoms with Gasteiger partial charge in [-0.2, -0.15) is 0 Å². The van der Waals surface area contributed by atoms with E-state index in [0.717, 1.165) is 29.7 Å². The first-order chi connectivity index (χ1) is 7.76. The van der Waals surface area contributed by atoms with Gasteiger partial charge < -0.3 is 10.5 Å². The maximum Gasteiger partial charge on any atom is 0.142 e. The van der Waals surface area contributed by atoms with Crippen LogP contribution in [0.2, 0.25) is 0 Å². The zero-order valence-corrected chi connectivity index (χ0v) is 9.79. The summed E-state index contributed by atoms with van der Waals surface area (Å²) in [5.41, 5.74) is 8.11. The lowest BCUT2D eigenvalue weighted by Gasteiger charge is -2.09. The average Bonchev–Trinajstić information content (AvgIpc) is 2.30. The summed E-state index contributed by atoms with van der Waals surface area (Å²) >= 11 is 0. The molecule has 2 heteroatoms. The number of methoxy groups -OCH3 is 1. The fourth-order valence-electron chi connectivity index (χ4n) is 2.01. The number of ether oxygens (including phenoxy) is 1. The molecule has 0 aliphatic carbocycles. The number of fused-ring (bicyclic) bond motifs is 1. The number of nitrogen functional groups attached to an aromatic ring is 1. The molecule has 84 valence electrons. The van der Waals surface area contributed by atoms with E-state index < -0.39 is 0 Å². The van der Waals surface area contributed by atoms with Crippen LogP contribution in [0.1, 0.15) is 18.9 Å². The highest BCUT2D eigenvalue weighted by Gasteiger charge is 2.04. The van der Waals surface area contributed by atoms with Crippen LogP contribution in [0.3, 0.4) is 0 Å². The smallest absolute Gasteiger partial charge is 0.142 e. The summed E-state index contributed by atoms with van der Waals surface area (Å²) in [6.07, 6.45) is 2.28. The minimum Gasteiger partial charge on any atom is -0.495 e. The molecule has 0 saturated carbocycles. The maximum absolute atomic E-state index is 6.03. The fourth-order valence-corrected chi connectivity index (χ4v) is 2.01. The van der Waals surface area contributed by atoms with Crippen LogP contribution in [0.25, 0.3) is 10.8 Å². The van der Waals surface area contributed by atoms with Crippen LogP contribution in [0.15, 0.2) is 30.3 Å². The van der Waals surface area contributed by atoms with Crippen molar-refractivity contribution in [1.29, 1.82) is 0 Å². The van der Waals surface area contributed by atoms with Gasteiger partial charge >= 0.3 is 0 Å². The summed E-state index contributed by atoms with van der Waals surface area (Å²) in [4.78, 5) is 0. The number of hydrogen-bond donors (Lipinski definition) is 1. The summed E-state index contributed by atoms with van der Waals surface area (Å²) < 4.78 is 5.21. The van der Waals surface area contributed by atoms with Gasteiger partial charge in [0, 0.05) is 5.39 Å². The Bertz CT molecular complexity index is 505. The number of hydrogen-bond acceptors (Lipinski definition) is 2. The number of nitrogens with two attached hydrogens (primary N) is 1. The van der Waals surface area contributed by atoms with Crippen molar-refractivity contribution in [2.75, 3.05) is 12.8 Å². The van der Waals surface area contributed by atoms with E-state index in [0.29, 0.717) is 0 Å². The molecule has 0 aromatic heterocycles. The van der Waals surface area contributed by atoms with Gasteiger partial charge in [0.25, 0.3) is 0 Å². The molecule has 2 nitrogen and oxygen atoms in total. The minimum absolute atomic E-state index is 0.725. The van der Waals surface area contributed by atoms with Crippen LogP contribution in [-0.4, -0.2) is 7.11 Å². The molecule has 0 unspecified atom stereocenters. The molecule has 0 amide bonds. The van der Waals surface area contributed by atoms with Crippen LogP contribution >= 0.6 is 0 Å². The Balaban J connectivity index is 2.56. The highest BCUT2D eigenvalue weighted by atomic mass is 16.5. The molecule has 2 N–H and O–H groups in total. The Morgan fingerprint density at radius 2 is 2.00 bits per heavy atom. The third-order valence-corrected chi connectivity index (χ3v) is 2.84. The van der Waals surface area contributed by atoms with E-state index in [9.17, 15) is 0 Å². The first-order valence-corrected chi connectivity index (χ1v) is 5.61. The fraction of sp³-hybridized carbons (Fsp3) is 0.286. The van der Waals surface area contributed by atoms with E-state index in [1.54, 1.807) is 7.11 Å². The van der Waals surface area contributed by atoms with Gasteiger partial charge in [-0.25, -0.2) is 0 Å². The van der Waals surface area contributed by atoms with E-state index in [1.807, 2.05) is 6.07 Å². The van der Waals surface area contributed by atoms with E-state index in [4.69, 9.17) is 10.5 Å². The third kappa shape index (κ3) is 1.83. The Labute approximate surface area is 96.0 Å². The van der Waals surface area contributed by atoms with Crippen molar-refractivity contribution in [2.45, 2.75) is 19.8 Å². The monoisotopic (exact) mass is 215 g/mol. The zero-order valence-electron chi connectivity index (χ0n) is 9.79. The van der Waals surface area contributed by atoms with E-state index in [-0.39, 0.29) is 0 Å². The molecule has 0 aliphatic heterocycles. The summed E-state index contributed by atoms with van der Waals surface area (Å²) in [6.45, 7) is 2.19. The van der Waals surface area contributed by atoms with Gasteiger partial charge in [-0.05, 0) is 23.4 Å². The largest absolute Gasteiger partial charge is 0.495 e. The van der Waals surface area contributed by atoms with Gasteiger partial charge in [-0.15, -0.1) is 0 Å². The molecule has 0 bridgehead atoms. The molecule has 2 rings (SSSR count). The van der Waals surface area contributed by atoms with Gasteiger partial charge in [0.2, 0.25) is 0 Å². The SMILES string of the molecule is CCCc1ccc2c(N)c(OC)ccc2c1. The van der Waals surface area contributed by atoms with Gasteiger partial charge in [0.1, 0.15) is 5.75 Å². The first-order valence-electron chi connectivity index (χ1n) is 5.61. The molecule has 0 spiro atoms. The Hall–Kier alpha value is -1.70. The van der Waals surface area contributed by atoms with E-state index in [2.05, 4.69) is 31.2 Å². The Morgan fingerprint density at radius 1 is 1.19 bits per heavy atom. The summed E-state index contributed by atoms with van der Waals surface area (Å²) in [6, 6.07) is 10.4. The van der Waals surface area contributed by atoms with Crippen molar-refractivity contribution in [3.05, 3.63) is 35.9 Å². The van der Waals surface area contributed by atoms with Crippen molar-refractivity contribution in [3.63, 3.8) is 0 Å². The Morgan fingerprint density at radius 3 is 2.69 bits per heavy atom. The van der Waals surface area contributed by atoms with Crippen LogP contribution in [0.5, 0.6) is 5.75 Å². The van der Waals surface area contributed by atoms with Gasteiger partial charge in [-0.1, -0.05) is 37.6 Å². The predicted molar refractivity (Wildman–Crippen MR) is 68.9 cm³/mol. The third-order valence-electron chi connectivity index (χ3n) is 2.84. The van der Waals surface area contributed by atoms with Gasteiger partial charge in [-0.3, -0.25) is 0 Å². The van der Waals surface area contributed by atoms with Crippen LogP contribution in [0, 0.1) is 0 Å². The molecule has 16 heavy (non-hydrogen) atoms. The lowest BCUT2D eigenvalue weighted by Crippen LogP contribution is -1.94. The molecule has 0 atom stereocenters. The van der Waals surface area contributed by atoms with Crippen LogP contribution < -0.4 is 10.5 Å². The maximum atomic E-state index is 6.03. The average molecular weight is 215 g/mol. The molecule has 2 aromatic carbocycles. The summed E-state index contributed by atoms with van der Waals surface area (Å²) in [5, 5.41) is 2.25. The van der Waals surface area contributed by atoms with Crippen molar-refractivity contribution >= 4 is 16.5 Å². The van der Waals surface area contributed by atoms with Crippen molar-refractivity contribution < 1.29 is 4.74 Å². The number of anilines is 1.